The third-order valence-corrected chi connectivity index (χ3v) is 3.98. The highest BCUT2D eigenvalue weighted by atomic mass is 32.1. The quantitative estimate of drug-likeness (QED) is 0.546. The summed E-state index contributed by atoms with van der Waals surface area (Å²) in [7, 11) is 0. The van der Waals surface area contributed by atoms with E-state index in [0.717, 1.165) is 5.56 Å². The van der Waals surface area contributed by atoms with Crippen molar-refractivity contribution in [1.29, 1.82) is 0 Å². The summed E-state index contributed by atoms with van der Waals surface area (Å²) < 4.78 is 0. The van der Waals surface area contributed by atoms with Crippen molar-refractivity contribution in [3.63, 3.8) is 0 Å². The highest BCUT2D eigenvalue weighted by molar-refractivity contribution is 7.13. The number of aromatic nitrogens is 1. The van der Waals surface area contributed by atoms with Gasteiger partial charge in [-0.2, -0.15) is 0 Å². The van der Waals surface area contributed by atoms with Gasteiger partial charge in [0.1, 0.15) is 11.0 Å². The van der Waals surface area contributed by atoms with Gasteiger partial charge in [-0.05, 0) is 12.1 Å². The zero-order chi connectivity index (χ0) is 17.7. The van der Waals surface area contributed by atoms with Gasteiger partial charge in [-0.1, -0.05) is 12.1 Å². The number of carbonyl (C=O) groups excluding carboxylic acids is 1. The summed E-state index contributed by atoms with van der Waals surface area (Å²) in [5.41, 5.74) is 7.60. The summed E-state index contributed by atoms with van der Waals surface area (Å²) in [6.45, 7) is 0. The van der Waals surface area contributed by atoms with E-state index in [1.807, 2.05) is 6.07 Å². The predicted molar refractivity (Wildman–Crippen MR) is 87.5 cm³/mol. The van der Waals surface area contributed by atoms with Gasteiger partial charge in [-0.25, -0.2) is 9.78 Å². The number of carboxylic acid groups (broad SMARTS) is 2. The number of nitrogens with one attached hydrogen (secondary N) is 1. The molecule has 0 aliphatic heterocycles. The van der Waals surface area contributed by atoms with Crippen molar-refractivity contribution in [2.45, 2.75) is 18.9 Å². The smallest absolute Gasteiger partial charge is 0.326 e. The fourth-order valence-corrected chi connectivity index (χ4v) is 2.79. The van der Waals surface area contributed by atoms with Crippen LogP contribution in [0.15, 0.2) is 29.6 Å². The molecule has 126 valence electrons. The molecular formula is C15H15N3O5S. The largest absolute Gasteiger partial charge is 0.481 e. The Kier molecular flexibility index (Phi) is 5.48. The van der Waals surface area contributed by atoms with E-state index in [1.54, 1.807) is 23.6 Å². The lowest BCUT2D eigenvalue weighted by Gasteiger charge is -2.11. The van der Waals surface area contributed by atoms with Crippen molar-refractivity contribution in [1.82, 2.24) is 10.3 Å². The molecule has 9 heteroatoms. The molecule has 0 saturated heterocycles. The maximum atomic E-state index is 11.9. The van der Waals surface area contributed by atoms with E-state index in [0.29, 0.717) is 16.4 Å². The number of aliphatic carboxylic acids is 2. The Morgan fingerprint density at radius 3 is 2.67 bits per heavy atom. The monoisotopic (exact) mass is 349 g/mol. The summed E-state index contributed by atoms with van der Waals surface area (Å²) in [6.07, 6.45) is -0.825. The maximum absolute atomic E-state index is 11.9. The standard InChI is InChI=1S/C15H15N3O5S/c16-9-3-1-2-8(4-9)14-17-10(7-24-14)5-12(19)18-11(15(22)23)6-13(20)21/h1-4,7,11H,5-6,16H2,(H,18,19)(H,20,21)(H,22,23). The number of nitrogens with zero attached hydrogens (tertiary/aromatic N) is 1. The highest BCUT2D eigenvalue weighted by Gasteiger charge is 2.23. The van der Waals surface area contributed by atoms with Gasteiger partial charge in [0, 0.05) is 16.6 Å². The number of nitrogen functional groups attached to an aromatic ring is 1. The molecule has 24 heavy (non-hydrogen) atoms. The Labute approximate surface area is 141 Å². The van der Waals surface area contributed by atoms with Crippen LogP contribution in [0.1, 0.15) is 12.1 Å². The van der Waals surface area contributed by atoms with Gasteiger partial charge in [-0.3, -0.25) is 9.59 Å². The molecule has 2 aromatic rings. The van der Waals surface area contributed by atoms with Gasteiger partial charge < -0.3 is 21.3 Å². The van der Waals surface area contributed by atoms with E-state index in [4.69, 9.17) is 15.9 Å². The Hall–Kier alpha value is -2.94. The molecule has 0 spiro atoms. The predicted octanol–water partition coefficient (Wildman–Crippen LogP) is 0.979. The zero-order valence-corrected chi connectivity index (χ0v) is 13.2. The van der Waals surface area contributed by atoms with Crippen molar-refractivity contribution in [3.8, 4) is 10.6 Å². The Balaban J connectivity index is 2.02. The van der Waals surface area contributed by atoms with E-state index in [2.05, 4.69) is 10.3 Å². The van der Waals surface area contributed by atoms with Gasteiger partial charge in [-0.15, -0.1) is 11.3 Å². The van der Waals surface area contributed by atoms with Crippen LogP contribution in [0.25, 0.3) is 10.6 Å². The summed E-state index contributed by atoms with van der Waals surface area (Å²) in [6, 6.07) is 5.67. The maximum Gasteiger partial charge on any atom is 0.326 e. The van der Waals surface area contributed by atoms with Crippen LogP contribution in [0, 0.1) is 0 Å². The molecule has 0 bridgehead atoms. The zero-order valence-electron chi connectivity index (χ0n) is 12.4. The summed E-state index contributed by atoms with van der Waals surface area (Å²) in [5.74, 6) is -3.31. The molecule has 1 aromatic carbocycles. The lowest BCUT2D eigenvalue weighted by Crippen LogP contribution is -2.42. The average molecular weight is 349 g/mol. The van der Waals surface area contributed by atoms with Gasteiger partial charge >= 0.3 is 11.9 Å². The second-order valence-electron chi connectivity index (χ2n) is 5.00. The Bertz CT molecular complexity index is 774. The van der Waals surface area contributed by atoms with E-state index in [1.165, 1.54) is 11.3 Å². The van der Waals surface area contributed by atoms with Crippen LogP contribution in [0.5, 0.6) is 0 Å². The number of hydrogen-bond donors (Lipinski definition) is 4. The molecule has 1 amide bonds. The van der Waals surface area contributed by atoms with Crippen LogP contribution < -0.4 is 11.1 Å². The fourth-order valence-electron chi connectivity index (χ4n) is 1.98. The number of rotatable bonds is 7. The van der Waals surface area contributed by atoms with Crippen molar-refractivity contribution >= 4 is 34.9 Å². The summed E-state index contributed by atoms with van der Waals surface area (Å²) in [5, 5.41) is 22.1. The minimum Gasteiger partial charge on any atom is -0.481 e. The molecule has 0 aliphatic rings. The molecular weight excluding hydrogens is 334 g/mol. The second kappa shape index (κ2) is 7.55. The van der Waals surface area contributed by atoms with Crippen molar-refractivity contribution in [3.05, 3.63) is 35.3 Å². The number of nitrogens with two attached hydrogens (primary N) is 1. The number of amides is 1. The number of hydrogen-bond acceptors (Lipinski definition) is 6. The molecule has 8 nitrogen and oxygen atoms in total. The molecule has 1 unspecified atom stereocenters. The molecule has 0 saturated carbocycles. The fraction of sp³-hybridized carbons (Fsp3) is 0.200. The van der Waals surface area contributed by atoms with Crippen LogP contribution in [-0.4, -0.2) is 39.1 Å². The van der Waals surface area contributed by atoms with Gasteiger partial charge in [0.05, 0.1) is 18.5 Å². The summed E-state index contributed by atoms with van der Waals surface area (Å²) >= 11 is 1.33. The lowest BCUT2D eigenvalue weighted by molar-refractivity contribution is -0.147. The topological polar surface area (TPSA) is 143 Å². The van der Waals surface area contributed by atoms with Crippen molar-refractivity contribution < 1.29 is 24.6 Å². The third-order valence-electron chi connectivity index (χ3n) is 3.04. The first-order valence-electron chi connectivity index (χ1n) is 6.89. The van der Waals surface area contributed by atoms with E-state index in [-0.39, 0.29) is 6.42 Å². The summed E-state index contributed by atoms with van der Waals surface area (Å²) in [4.78, 5) is 37.7. The molecule has 5 N–H and O–H groups in total. The first-order chi connectivity index (χ1) is 11.3. The number of carboxylic acids is 2. The second-order valence-corrected chi connectivity index (χ2v) is 5.86. The Morgan fingerprint density at radius 1 is 1.29 bits per heavy atom. The van der Waals surface area contributed by atoms with Crippen LogP contribution in [-0.2, 0) is 20.8 Å². The van der Waals surface area contributed by atoms with Crippen molar-refractivity contribution in [2.75, 3.05) is 5.73 Å². The Morgan fingerprint density at radius 2 is 2.04 bits per heavy atom. The number of benzene rings is 1. The van der Waals surface area contributed by atoms with E-state index in [9.17, 15) is 14.4 Å². The molecule has 1 atom stereocenters. The number of carbonyl (C=O) groups is 3. The van der Waals surface area contributed by atoms with Gasteiger partial charge in [0.2, 0.25) is 5.91 Å². The molecule has 1 heterocycles. The highest BCUT2D eigenvalue weighted by Crippen LogP contribution is 2.25. The van der Waals surface area contributed by atoms with Gasteiger partial charge in [0.15, 0.2) is 0 Å². The minimum absolute atomic E-state index is 0.137. The molecule has 0 aliphatic carbocycles. The lowest BCUT2D eigenvalue weighted by atomic mass is 10.2. The molecule has 2 rings (SSSR count). The molecule has 0 fully saturated rings. The molecule has 1 aromatic heterocycles. The van der Waals surface area contributed by atoms with Crippen LogP contribution in [0.3, 0.4) is 0 Å². The average Bonchev–Trinajstić information content (AvgIpc) is 2.94. The van der Waals surface area contributed by atoms with E-state index >= 15 is 0 Å². The van der Waals surface area contributed by atoms with Crippen LogP contribution in [0.2, 0.25) is 0 Å². The van der Waals surface area contributed by atoms with Crippen LogP contribution in [0.4, 0.5) is 5.69 Å². The first kappa shape index (κ1) is 17.4. The minimum atomic E-state index is -1.47. The van der Waals surface area contributed by atoms with E-state index < -0.39 is 30.3 Å². The van der Waals surface area contributed by atoms with Crippen LogP contribution >= 0.6 is 11.3 Å². The SMILES string of the molecule is Nc1cccc(-c2nc(CC(=O)NC(CC(=O)O)C(=O)O)cs2)c1. The third kappa shape index (κ3) is 4.78. The van der Waals surface area contributed by atoms with Gasteiger partial charge in [0.25, 0.3) is 0 Å². The van der Waals surface area contributed by atoms with Crippen molar-refractivity contribution in [2.24, 2.45) is 0 Å². The first-order valence-corrected chi connectivity index (χ1v) is 7.77. The molecule has 0 radical (unpaired) electrons. The number of anilines is 1. The number of thiazole rings is 1. The normalized spacial score (nSPS) is 11.7.